The number of rotatable bonds is 3. The second-order valence-corrected chi connectivity index (χ2v) is 6.65. The maximum absolute atomic E-state index is 11.0. The second kappa shape index (κ2) is 5.41. The molecule has 0 radical (unpaired) electrons. The molecule has 1 saturated carbocycles. The van der Waals surface area contributed by atoms with Crippen molar-refractivity contribution in [2.75, 3.05) is 0 Å². The second-order valence-electron chi connectivity index (χ2n) is 5.23. The molecule has 0 aliphatic heterocycles. The molecule has 4 heteroatoms. The van der Waals surface area contributed by atoms with Crippen molar-refractivity contribution < 1.29 is 13.0 Å². The summed E-state index contributed by atoms with van der Waals surface area (Å²) < 4.78 is 30.9. The molecular formula is C14H20O3S. The highest BCUT2D eigenvalue weighted by molar-refractivity contribution is 7.85. The molecule has 18 heavy (non-hydrogen) atoms. The van der Waals surface area contributed by atoms with Crippen LogP contribution in [0, 0.1) is 5.92 Å². The van der Waals surface area contributed by atoms with Crippen LogP contribution in [-0.2, 0) is 10.1 Å². The van der Waals surface area contributed by atoms with E-state index in [1.54, 1.807) is 0 Å². The van der Waals surface area contributed by atoms with Gasteiger partial charge in [-0.15, -0.1) is 0 Å². The summed E-state index contributed by atoms with van der Waals surface area (Å²) in [6.07, 6.45) is 6.48. The van der Waals surface area contributed by atoms with E-state index in [2.05, 4.69) is 6.92 Å². The summed E-state index contributed by atoms with van der Waals surface area (Å²) in [5.74, 6) is 1.16. The molecule has 1 aromatic rings. The summed E-state index contributed by atoms with van der Waals surface area (Å²) in [4.78, 5) is -0.0258. The van der Waals surface area contributed by atoms with Crippen LogP contribution in [0.3, 0.4) is 0 Å². The summed E-state index contributed by atoms with van der Waals surface area (Å²) in [7, 11) is -4.07. The first-order valence-electron chi connectivity index (χ1n) is 6.56. The molecule has 1 atom stereocenters. The van der Waals surface area contributed by atoms with Gasteiger partial charge >= 0.3 is 0 Å². The van der Waals surface area contributed by atoms with Gasteiger partial charge in [-0.3, -0.25) is 4.55 Å². The molecule has 0 aromatic heterocycles. The molecule has 0 amide bonds. The average molecular weight is 268 g/mol. The van der Waals surface area contributed by atoms with E-state index in [0.717, 1.165) is 5.56 Å². The Morgan fingerprint density at radius 1 is 1.11 bits per heavy atom. The number of hydrogen-bond acceptors (Lipinski definition) is 2. The van der Waals surface area contributed by atoms with Gasteiger partial charge < -0.3 is 0 Å². The first kappa shape index (κ1) is 13.6. The summed E-state index contributed by atoms with van der Waals surface area (Å²) >= 11 is 0. The number of hydrogen-bond donors (Lipinski definition) is 1. The monoisotopic (exact) mass is 268 g/mol. The smallest absolute Gasteiger partial charge is 0.282 e. The van der Waals surface area contributed by atoms with Gasteiger partial charge in [-0.25, -0.2) is 0 Å². The minimum absolute atomic E-state index is 0.0258. The van der Waals surface area contributed by atoms with Gasteiger partial charge in [0.15, 0.2) is 0 Å². The quantitative estimate of drug-likeness (QED) is 0.852. The van der Waals surface area contributed by atoms with E-state index in [9.17, 15) is 8.42 Å². The zero-order valence-electron chi connectivity index (χ0n) is 10.7. The summed E-state index contributed by atoms with van der Waals surface area (Å²) in [5.41, 5.74) is 1.16. The summed E-state index contributed by atoms with van der Waals surface area (Å²) in [6.45, 7) is 2.21. The van der Waals surface area contributed by atoms with Crippen LogP contribution in [0.5, 0.6) is 0 Å². The van der Waals surface area contributed by atoms with E-state index >= 15 is 0 Å². The van der Waals surface area contributed by atoms with E-state index < -0.39 is 10.1 Å². The molecule has 1 unspecified atom stereocenters. The van der Waals surface area contributed by atoms with Crippen molar-refractivity contribution >= 4 is 10.1 Å². The molecule has 100 valence electrons. The van der Waals surface area contributed by atoms with Crippen molar-refractivity contribution in [1.82, 2.24) is 0 Å². The van der Waals surface area contributed by atoms with Gasteiger partial charge in [0.1, 0.15) is 0 Å². The van der Waals surface area contributed by atoms with E-state index in [0.29, 0.717) is 11.8 Å². The normalized spacial score (nSPS) is 19.7. The number of benzene rings is 1. The van der Waals surface area contributed by atoms with Gasteiger partial charge in [0.25, 0.3) is 10.1 Å². The summed E-state index contributed by atoms with van der Waals surface area (Å²) in [6, 6.07) is 6.62. The van der Waals surface area contributed by atoms with Crippen LogP contribution in [-0.4, -0.2) is 13.0 Å². The Kier molecular flexibility index (Phi) is 4.07. The zero-order valence-corrected chi connectivity index (χ0v) is 11.5. The Balaban J connectivity index is 2.13. The van der Waals surface area contributed by atoms with Gasteiger partial charge in [0.2, 0.25) is 0 Å². The molecule has 1 aliphatic carbocycles. The third kappa shape index (κ3) is 3.12. The largest absolute Gasteiger partial charge is 0.294 e. The van der Waals surface area contributed by atoms with Crippen molar-refractivity contribution in [3.8, 4) is 0 Å². The highest BCUT2D eigenvalue weighted by Crippen LogP contribution is 2.35. The maximum Gasteiger partial charge on any atom is 0.294 e. The average Bonchev–Trinajstić information content (AvgIpc) is 2.38. The van der Waals surface area contributed by atoms with Crippen LogP contribution >= 0.6 is 0 Å². The van der Waals surface area contributed by atoms with Crippen molar-refractivity contribution in [1.29, 1.82) is 0 Å². The van der Waals surface area contributed by atoms with Crippen LogP contribution in [0.4, 0.5) is 0 Å². The fourth-order valence-corrected chi connectivity index (χ4v) is 3.33. The van der Waals surface area contributed by atoms with E-state index in [1.165, 1.54) is 44.2 Å². The highest BCUT2D eigenvalue weighted by atomic mass is 32.2. The Morgan fingerprint density at radius 2 is 1.67 bits per heavy atom. The van der Waals surface area contributed by atoms with Crippen molar-refractivity contribution in [3.63, 3.8) is 0 Å². The molecule has 2 rings (SSSR count). The molecule has 3 nitrogen and oxygen atoms in total. The van der Waals surface area contributed by atoms with Crippen molar-refractivity contribution in [3.05, 3.63) is 29.8 Å². The SMILES string of the molecule is CC(c1ccc(S(=O)(=O)O)cc1)C1CCCCC1. The van der Waals surface area contributed by atoms with Crippen molar-refractivity contribution in [2.24, 2.45) is 5.92 Å². The lowest BCUT2D eigenvalue weighted by Crippen LogP contribution is -2.14. The van der Waals surface area contributed by atoms with Gasteiger partial charge in [0.05, 0.1) is 4.90 Å². The van der Waals surface area contributed by atoms with Crippen LogP contribution in [0.25, 0.3) is 0 Å². The molecular weight excluding hydrogens is 248 g/mol. The minimum Gasteiger partial charge on any atom is -0.282 e. The minimum atomic E-state index is -4.07. The van der Waals surface area contributed by atoms with E-state index in [4.69, 9.17) is 4.55 Å². The molecule has 0 heterocycles. The molecule has 1 aliphatic rings. The van der Waals surface area contributed by atoms with Gasteiger partial charge in [-0.2, -0.15) is 8.42 Å². The standard InChI is InChI=1S/C14H20O3S/c1-11(12-5-3-2-4-6-12)13-7-9-14(10-8-13)18(15,16)17/h7-12H,2-6H2,1H3,(H,15,16,17). The van der Waals surface area contributed by atoms with E-state index in [-0.39, 0.29) is 4.90 Å². The Hall–Kier alpha value is -0.870. The lowest BCUT2D eigenvalue weighted by atomic mass is 9.78. The Bertz CT molecular complexity index is 484. The topological polar surface area (TPSA) is 54.4 Å². The lowest BCUT2D eigenvalue weighted by molar-refractivity contribution is 0.316. The zero-order chi connectivity index (χ0) is 13.2. The van der Waals surface area contributed by atoms with Gasteiger partial charge in [-0.05, 0) is 42.4 Å². The Morgan fingerprint density at radius 3 is 2.17 bits per heavy atom. The highest BCUT2D eigenvalue weighted by Gasteiger charge is 2.21. The molecule has 1 N–H and O–H groups in total. The van der Waals surface area contributed by atoms with E-state index in [1.807, 2.05) is 12.1 Å². The van der Waals surface area contributed by atoms with Gasteiger partial charge in [0, 0.05) is 0 Å². The predicted molar refractivity (Wildman–Crippen MR) is 71.2 cm³/mol. The van der Waals surface area contributed by atoms with Crippen LogP contribution < -0.4 is 0 Å². The lowest BCUT2D eigenvalue weighted by Gasteiger charge is -2.28. The van der Waals surface area contributed by atoms with Crippen molar-refractivity contribution in [2.45, 2.75) is 49.8 Å². The molecule has 0 bridgehead atoms. The molecule has 0 spiro atoms. The van der Waals surface area contributed by atoms with Crippen LogP contribution in [0.2, 0.25) is 0 Å². The third-order valence-corrected chi connectivity index (χ3v) is 4.93. The van der Waals surface area contributed by atoms with Crippen LogP contribution in [0.1, 0.15) is 50.5 Å². The maximum atomic E-state index is 11.0. The Labute approximate surface area is 109 Å². The summed E-state index contributed by atoms with van der Waals surface area (Å²) in [5, 5.41) is 0. The molecule has 0 saturated heterocycles. The fraction of sp³-hybridized carbons (Fsp3) is 0.571. The first-order valence-corrected chi connectivity index (χ1v) is 8.00. The molecule has 1 aromatic carbocycles. The first-order chi connectivity index (χ1) is 8.48. The van der Waals surface area contributed by atoms with Crippen LogP contribution in [0.15, 0.2) is 29.2 Å². The van der Waals surface area contributed by atoms with Gasteiger partial charge in [-0.1, -0.05) is 38.3 Å². The third-order valence-electron chi connectivity index (χ3n) is 4.06. The molecule has 1 fully saturated rings. The predicted octanol–water partition coefficient (Wildman–Crippen LogP) is 3.62. The fourth-order valence-electron chi connectivity index (χ4n) is 2.85.